The Labute approximate surface area is 148 Å². The van der Waals surface area contributed by atoms with Crippen molar-refractivity contribution in [1.82, 2.24) is 0 Å². The molecule has 1 aliphatic rings. The number of carbonyl (C=O) groups excluding carboxylic acids is 1. The Morgan fingerprint density at radius 1 is 1.04 bits per heavy atom. The van der Waals surface area contributed by atoms with Gasteiger partial charge < -0.3 is 4.74 Å². The number of ketones is 1. The van der Waals surface area contributed by atoms with Crippen molar-refractivity contribution in [1.29, 1.82) is 0 Å². The van der Waals surface area contributed by atoms with E-state index >= 15 is 0 Å². The molecule has 0 saturated heterocycles. The van der Waals surface area contributed by atoms with E-state index in [-0.39, 0.29) is 28.0 Å². The van der Waals surface area contributed by atoms with Crippen LogP contribution < -0.4 is 9.46 Å². The lowest BCUT2D eigenvalue weighted by molar-refractivity contribution is 0.105. The summed E-state index contributed by atoms with van der Waals surface area (Å²) in [5, 5.41) is 0.702. The van der Waals surface area contributed by atoms with Gasteiger partial charge in [-0.25, -0.2) is 8.42 Å². The first-order valence-corrected chi connectivity index (χ1v) is 9.39. The molecule has 0 radical (unpaired) electrons. The Morgan fingerprint density at radius 2 is 1.79 bits per heavy atom. The third-order valence-electron chi connectivity index (χ3n) is 3.24. The van der Waals surface area contributed by atoms with Gasteiger partial charge in [0.1, 0.15) is 5.75 Å². The van der Waals surface area contributed by atoms with Crippen LogP contribution in [0.5, 0.6) is 11.5 Å². The van der Waals surface area contributed by atoms with Crippen LogP contribution in [-0.4, -0.2) is 20.5 Å². The summed E-state index contributed by atoms with van der Waals surface area (Å²) in [6, 6.07) is 7.67. The highest BCUT2D eigenvalue weighted by Crippen LogP contribution is 2.38. The first-order chi connectivity index (χ1) is 11.2. The molecule has 0 amide bonds. The van der Waals surface area contributed by atoms with Crippen LogP contribution in [0.3, 0.4) is 0 Å². The number of ether oxygens (including phenoxy) is 1. The summed E-state index contributed by atoms with van der Waals surface area (Å²) in [6.45, 7) is 0. The Balaban J connectivity index is 2.08. The maximum Gasteiger partial charge on any atom is 0.229 e. The van der Waals surface area contributed by atoms with Crippen molar-refractivity contribution in [3.63, 3.8) is 0 Å². The molecule has 0 unspecified atom stereocenters. The predicted molar refractivity (Wildman–Crippen MR) is 94.8 cm³/mol. The van der Waals surface area contributed by atoms with Crippen molar-refractivity contribution in [2.45, 2.75) is 0 Å². The van der Waals surface area contributed by atoms with Crippen LogP contribution in [0.4, 0.5) is 5.69 Å². The SMILES string of the molecule is CS(=O)(=O)Nc1cc2c(cc1Oc1ccc(Cl)cc1Cl)C(=O)C=C2. The lowest BCUT2D eigenvalue weighted by Crippen LogP contribution is -2.11. The number of anilines is 1. The highest BCUT2D eigenvalue weighted by atomic mass is 35.5. The molecule has 0 spiro atoms. The highest BCUT2D eigenvalue weighted by Gasteiger charge is 2.20. The van der Waals surface area contributed by atoms with E-state index in [2.05, 4.69) is 4.72 Å². The van der Waals surface area contributed by atoms with Gasteiger partial charge in [0, 0.05) is 10.6 Å². The number of hydrogen-bond acceptors (Lipinski definition) is 4. The molecule has 1 aliphatic carbocycles. The van der Waals surface area contributed by atoms with E-state index in [0.29, 0.717) is 16.1 Å². The summed E-state index contributed by atoms with van der Waals surface area (Å²) in [7, 11) is -3.53. The van der Waals surface area contributed by atoms with Crippen molar-refractivity contribution < 1.29 is 17.9 Å². The minimum Gasteiger partial charge on any atom is -0.454 e. The van der Waals surface area contributed by atoms with E-state index in [9.17, 15) is 13.2 Å². The van der Waals surface area contributed by atoms with Crippen LogP contribution in [0.2, 0.25) is 10.0 Å². The normalized spacial score (nSPS) is 13.0. The molecule has 8 heteroatoms. The minimum absolute atomic E-state index is 0.167. The molecule has 0 atom stereocenters. The van der Waals surface area contributed by atoms with Gasteiger partial charge in [-0.1, -0.05) is 29.3 Å². The van der Waals surface area contributed by atoms with Crippen molar-refractivity contribution >= 4 is 50.8 Å². The molecule has 5 nitrogen and oxygen atoms in total. The fraction of sp³-hybridized carbons (Fsp3) is 0.0625. The Kier molecular flexibility index (Phi) is 4.29. The Hall–Kier alpha value is -2.02. The number of allylic oxidation sites excluding steroid dienone is 1. The quantitative estimate of drug-likeness (QED) is 0.850. The molecule has 0 aliphatic heterocycles. The number of sulfonamides is 1. The summed E-state index contributed by atoms with van der Waals surface area (Å²) in [6.07, 6.45) is 4.05. The average molecular weight is 384 g/mol. The molecule has 124 valence electrons. The zero-order valence-electron chi connectivity index (χ0n) is 12.3. The number of fused-ring (bicyclic) bond motifs is 1. The number of nitrogens with one attached hydrogen (secondary N) is 1. The van der Waals surface area contributed by atoms with Crippen molar-refractivity contribution in [3.8, 4) is 11.5 Å². The van der Waals surface area contributed by atoms with Crippen LogP contribution in [0.1, 0.15) is 15.9 Å². The molecule has 24 heavy (non-hydrogen) atoms. The summed E-state index contributed by atoms with van der Waals surface area (Å²) in [5.41, 5.74) is 1.25. The highest BCUT2D eigenvalue weighted by molar-refractivity contribution is 7.92. The number of hydrogen-bond donors (Lipinski definition) is 1. The van der Waals surface area contributed by atoms with Crippen LogP contribution in [0.25, 0.3) is 6.08 Å². The summed E-state index contributed by atoms with van der Waals surface area (Å²) < 4.78 is 31.3. The first kappa shape index (κ1) is 16.8. The zero-order valence-corrected chi connectivity index (χ0v) is 14.7. The fourth-order valence-corrected chi connectivity index (χ4v) is 3.25. The van der Waals surface area contributed by atoms with Gasteiger partial charge in [0.15, 0.2) is 11.5 Å². The van der Waals surface area contributed by atoms with E-state index < -0.39 is 10.0 Å². The number of benzene rings is 2. The van der Waals surface area contributed by atoms with Crippen molar-refractivity contribution in [2.75, 3.05) is 11.0 Å². The summed E-state index contributed by atoms with van der Waals surface area (Å²) in [5.74, 6) is 0.277. The third kappa shape index (κ3) is 3.56. The van der Waals surface area contributed by atoms with Gasteiger partial charge in [-0.3, -0.25) is 9.52 Å². The standard InChI is InChI=1S/C16H11Cl2NO4S/c1-24(21,22)19-13-6-9-2-4-14(20)11(9)8-16(13)23-15-5-3-10(17)7-12(15)18/h2-8,19H,1H3. The molecule has 0 saturated carbocycles. The van der Waals surface area contributed by atoms with Gasteiger partial charge in [0.25, 0.3) is 0 Å². The molecule has 1 N–H and O–H groups in total. The van der Waals surface area contributed by atoms with Gasteiger partial charge in [-0.2, -0.15) is 0 Å². The second kappa shape index (κ2) is 6.12. The molecule has 2 aromatic carbocycles. The largest absolute Gasteiger partial charge is 0.454 e. The molecular formula is C16H11Cl2NO4S. The fourth-order valence-electron chi connectivity index (χ4n) is 2.24. The predicted octanol–water partition coefficient (Wildman–Crippen LogP) is 4.37. The number of halogens is 2. The van der Waals surface area contributed by atoms with E-state index in [1.807, 2.05) is 0 Å². The van der Waals surface area contributed by atoms with Gasteiger partial charge in [0.2, 0.25) is 10.0 Å². The molecule has 0 fully saturated rings. The van der Waals surface area contributed by atoms with Crippen LogP contribution in [0.15, 0.2) is 36.4 Å². The Morgan fingerprint density at radius 3 is 2.46 bits per heavy atom. The lowest BCUT2D eigenvalue weighted by atomic mass is 10.1. The van der Waals surface area contributed by atoms with E-state index in [1.54, 1.807) is 18.2 Å². The number of carbonyl (C=O) groups is 1. The van der Waals surface area contributed by atoms with Crippen molar-refractivity contribution in [2.24, 2.45) is 0 Å². The molecule has 0 bridgehead atoms. The van der Waals surface area contributed by atoms with Gasteiger partial charge in [-0.05, 0) is 42.0 Å². The monoisotopic (exact) mass is 383 g/mol. The number of rotatable bonds is 4. The van der Waals surface area contributed by atoms with E-state index in [0.717, 1.165) is 6.26 Å². The Bertz CT molecular complexity index is 984. The average Bonchev–Trinajstić information content (AvgIpc) is 2.81. The molecule has 0 aromatic heterocycles. The molecule has 2 aromatic rings. The van der Waals surface area contributed by atoms with Crippen LogP contribution >= 0.6 is 23.2 Å². The second-order valence-corrected chi connectivity index (χ2v) is 7.78. The van der Waals surface area contributed by atoms with Crippen LogP contribution in [-0.2, 0) is 10.0 Å². The maximum absolute atomic E-state index is 11.9. The maximum atomic E-state index is 11.9. The van der Waals surface area contributed by atoms with Crippen molar-refractivity contribution in [3.05, 3.63) is 57.6 Å². The lowest BCUT2D eigenvalue weighted by Gasteiger charge is -2.15. The van der Waals surface area contributed by atoms with E-state index in [4.69, 9.17) is 27.9 Å². The topological polar surface area (TPSA) is 72.5 Å². The third-order valence-corrected chi connectivity index (χ3v) is 4.36. The second-order valence-electron chi connectivity index (χ2n) is 5.18. The van der Waals surface area contributed by atoms with Crippen LogP contribution in [0, 0.1) is 0 Å². The smallest absolute Gasteiger partial charge is 0.229 e. The minimum atomic E-state index is -3.53. The zero-order chi connectivity index (χ0) is 17.5. The summed E-state index contributed by atoms with van der Waals surface area (Å²) >= 11 is 11.9. The summed E-state index contributed by atoms with van der Waals surface area (Å²) in [4.78, 5) is 11.9. The molecular weight excluding hydrogens is 373 g/mol. The van der Waals surface area contributed by atoms with Gasteiger partial charge in [0.05, 0.1) is 17.0 Å². The molecule has 0 heterocycles. The molecule has 3 rings (SSSR count). The van der Waals surface area contributed by atoms with Gasteiger partial charge in [-0.15, -0.1) is 0 Å². The van der Waals surface area contributed by atoms with E-state index in [1.165, 1.54) is 24.3 Å². The first-order valence-electron chi connectivity index (χ1n) is 6.74. The van der Waals surface area contributed by atoms with Gasteiger partial charge >= 0.3 is 0 Å².